The van der Waals surface area contributed by atoms with Gasteiger partial charge in [0.25, 0.3) is 11.8 Å². The van der Waals surface area contributed by atoms with Gasteiger partial charge in [0.1, 0.15) is 5.75 Å². The van der Waals surface area contributed by atoms with Crippen molar-refractivity contribution in [2.45, 2.75) is 32.1 Å². The minimum atomic E-state index is -0.774. The van der Waals surface area contributed by atoms with Crippen molar-refractivity contribution in [3.63, 3.8) is 0 Å². The topological polar surface area (TPSA) is 105 Å². The van der Waals surface area contributed by atoms with E-state index in [0.717, 1.165) is 19.3 Å². The monoisotopic (exact) mass is 320 g/mol. The lowest BCUT2D eigenvalue weighted by molar-refractivity contribution is -0.137. The molecule has 0 aromatic heterocycles. The van der Waals surface area contributed by atoms with Crippen LogP contribution in [0.5, 0.6) is 5.75 Å². The lowest BCUT2D eigenvalue weighted by Crippen LogP contribution is -2.27. The Hall–Kier alpha value is -2.57. The molecule has 0 bridgehead atoms. The van der Waals surface area contributed by atoms with E-state index in [-0.39, 0.29) is 24.8 Å². The second kappa shape index (κ2) is 8.17. The number of fused-ring (bicyclic) bond motifs is 1. The van der Waals surface area contributed by atoms with Crippen LogP contribution in [0.4, 0.5) is 5.69 Å². The van der Waals surface area contributed by atoms with Gasteiger partial charge in [0.2, 0.25) is 0 Å². The Balaban J connectivity index is 1.72. The van der Waals surface area contributed by atoms with Gasteiger partial charge in [0, 0.05) is 18.5 Å². The SMILES string of the molecule is O=C(O)CCCCCCNC(=O)c1ccc2c(c1)OCC(=O)N2. The van der Waals surface area contributed by atoms with Gasteiger partial charge in [-0.2, -0.15) is 0 Å². The van der Waals surface area contributed by atoms with Crippen LogP contribution in [-0.4, -0.2) is 36.0 Å². The molecule has 1 aromatic carbocycles. The van der Waals surface area contributed by atoms with Gasteiger partial charge in [0.15, 0.2) is 6.61 Å². The quantitative estimate of drug-likeness (QED) is 0.633. The number of hydrogen-bond donors (Lipinski definition) is 3. The van der Waals surface area contributed by atoms with Crippen LogP contribution >= 0.6 is 0 Å². The van der Waals surface area contributed by atoms with Gasteiger partial charge in [-0.3, -0.25) is 14.4 Å². The highest BCUT2D eigenvalue weighted by atomic mass is 16.5. The number of rotatable bonds is 8. The number of hydrogen-bond acceptors (Lipinski definition) is 4. The first-order chi connectivity index (χ1) is 11.1. The molecule has 1 heterocycles. The molecule has 0 fully saturated rings. The van der Waals surface area contributed by atoms with Crippen LogP contribution in [0.2, 0.25) is 0 Å². The Labute approximate surface area is 134 Å². The summed E-state index contributed by atoms with van der Waals surface area (Å²) in [7, 11) is 0. The van der Waals surface area contributed by atoms with Gasteiger partial charge in [-0.1, -0.05) is 12.8 Å². The molecular formula is C16H20N2O5. The minimum Gasteiger partial charge on any atom is -0.482 e. The molecule has 124 valence electrons. The summed E-state index contributed by atoms with van der Waals surface area (Å²) in [6.07, 6.45) is 3.39. The maximum atomic E-state index is 12.0. The van der Waals surface area contributed by atoms with Crippen molar-refractivity contribution >= 4 is 23.5 Å². The molecule has 23 heavy (non-hydrogen) atoms. The molecule has 0 atom stereocenters. The number of carbonyl (C=O) groups is 3. The number of amides is 2. The van der Waals surface area contributed by atoms with Gasteiger partial charge < -0.3 is 20.5 Å². The number of carboxylic acids is 1. The average Bonchev–Trinajstić information content (AvgIpc) is 2.53. The third kappa shape index (κ3) is 5.28. The molecule has 0 saturated carbocycles. The van der Waals surface area contributed by atoms with Gasteiger partial charge >= 0.3 is 5.97 Å². The van der Waals surface area contributed by atoms with Crippen molar-refractivity contribution in [1.82, 2.24) is 5.32 Å². The zero-order valence-electron chi connectivity index (χ0n) is 12.8. The maximum Gasteiger partial charge on any atom is 0.303 e. The number of unbranched alkanes of at least 4 members (excludes halogenated alkanes) is 3. The van der Waals surface area contributed by atoms with Crippen molar-refractivity contribution in [1.29, 1.82) is 0 Å². The molecule has 0 saturated heterocycles. The Morgan fingerprint density at radius 3 is 2.78 bits per heavy atom. The van der Waals surface area contributed by atoms with Crippen LogP contribution in [0.15, 0.2) is 18.2 Å². The second-order valence-corrected chi connectivity index (χ2v) is 5.36. The summed E-state index contributed by atoms with van der Waals surface area (Å²) in [6, 6.07) is 4.89. The molecule has 2 amide bonds. The van der Waals surface area contributed by atoms with Gasteiger partial charge in [0.05, 0.1) is 5.69 Å². The standard InChI is InChI=1S/C16H20N2O5/c19-14-10-23-13-9-11(6-7-12(13)18-14)16(22)17-8-4-2-1-3-5-15(20)21/h6-7,9H,1-5,8,10H2,(H,17,22)(H,18,19)(H,20,21). The molecule has 0 spiro atoms. The molecule has 1 aliphatic heterocycles. The number of aliphatic carboxylic acids is 1. The van der Waals surface area contributed by atoms with Crippen molar-refractivity contribution in [2.24, 2.45) is 0 Å². The Kier molecular flexibility index (Phi) is 5.96. The van der Waals surface area contributed by atoms with E-state index in [4.69, 9.17) is 9.84 Å². The van der Waals surface area contributed by atoms with Gasteiger partial charge in [-0.05, 0) is 31.0 Å². The molecule has 0 unspecified atom stereocenters. The number of ether oxygens (including phenoxy) is 1. The van der Waals surface area contributed by atoms with Crippen molar-refractivity contribution in [3.05, 3.63) is 23.8 Å². The highest BCUT2D eigenvalue weighted by Gasteiger charge is 2.17. The van der Waals surface area contributed by atoms with E-state index in [2.05, 4.69) is 10.6 Å². The van der Waals surface area contributed by atoms with Crippen LogP contribution in [0.25, 0.3) is 0 Å². The first-order valence-electron chi connectivity index (χ1n) is 7.63. The lowest BCUT2D eigenvalue weighted by Gasteiger charge is -2.18. The predicted octanol–water partition coefficient (Wildman–Crippen LogP) is 1.78. The summed E-state index contributed by atoms with van der Waals surface area (Å²) in [5, 5.41) is 14.0. The van der Waals surface area contributed by atoms with Crippen LogP contribution < -0.4 is 15.4 Å². The average molecular weight is 320 g/mol. The normalized spacial score (nSPS) is 12.8. The van der Waals surface area contributed by atoms with Crippen LogP contribution in [-0.2, 0) is 9.59 Å². The molecule has 7 heteroatoms. The van der Waals surface area contributed by atoms with E-state index in [1.165, 1.54) is 0 Å². The first kappa shape index (κ1) is 16.8. The fraction of sp³-hybridized carbons (Fsp3) is 0.438. The van der Waals surface area contributed by atoms with Crippen molar-refractivity contribution < 1.29 is 24.2 Å². The zero-order valence-corrected chi connectivity index (χ0v) is 12.8. The third-order valence-electron chi connectivity index (χ3n) is 3.48. The molecule has 7 nitrogen and oxygen atoms in total. The number of carboxylic acid groups (broad SMARTS) is 1. The van der Waals surface area contributed by atoms with E-state index in [1.54, 1.807) is 18.2 Å². The maximum absolute atomic E-state index is 12.0. The second-order valence-electron chi connectivity index (χ2n) is 5.36. The molecule has 1 aromatic rings. The third-order valence-corrected chi connectivity index (χ3v) is 3.48. The fourth-order valence-electron chi connectivity index (χ4n) is 2.27. The van der Waals surface area contributed by atoms with Crippen molar-refractivity contribution in [3.8, 4) is 5.75 Å². The number of nitrogens with one attached hydrogen (secondary N) is 2. The van der Waals surface area contributed by atoms with Gasteiger partial charge in [-0.25, -0.2) is 0 Å². The Bertz CT molecular complexity index is 600. The Morgan fingerprint density at radius 2 is 2.00 bits per heavy atom. The summed E-state index contributed by atoms with van der Waals surface area (Å²) < 4.78 is 5.28. The summed E-state index contributed by atoms with van der Waals surface area (Å²) in [5.74, 6) is -0.688. The van der Waals surface area contributed by atoms with Crippen LogP contribution in [0, 0.1) is 0 Å². The summed E-state index contributed by atoms with van der Waals surface area (Å²) in [5.41, 5.74) is 1.04. The Morgan fingerprint density at radius 1 is 1.22 bits per heavy atom. The highest BCUT2D eigenvalue weighted by Crippen LogP contribution is 2.28. The number of anilines is 1. The molecule has 1 aliphatic rings. The van der Waals surface area contributed by atoms with E-state index >= 15 is 0 Å². The zero-order chi connectivity index (χ0) is 16.7. The highest BCUT2D eigenvalue weighted by molar-refractivity contribution is 5.98. The fourth-order valence-corrected chi connectivity index (χ4v) is 2.27. The summed E-state index contributed by atoms with van der Waals surface area (Å²) >= 11 is 0. The van der Waals surface area contributed by atoms with Gasteiger partial charge in [-0.15, -0.1) is 0 Å². The van der Waals surface area contributed by atoms with Crippen LogP contribution in [0.1, 0.15) is 42.5 Å². The summed E-state index contributed by atoms with van der Waals surface area (Å²) in [4.78, 5) is 33.6. The molecule has 2 rings (SSSR count). The largest absolute Gasteiger partial charge is 0.482 e. The van der Waals surface area contributed by atoms with E-state index in [9.17, 15) is 14.4 Å². The number of benzene rings is 1. The summed E-state index contributed by atoms with van der Waals surface area (Å²) in [6.45, 7) is 0.495. The lowest BCUT2D eigenvalue weighted by atomic mass is 10.1. The molecule has 0 radical (unpaired) electrons. The van der Waals surface area contributed by atoms with Crippen molar-refractivity contribution in [2.75, 3.05) is 18.5 Å². The smallest absolute Gasteiger partial charge is 0.303 e. The predicted molar refractivity (Wildman–Crippen MR) is 83.6 cm³/mol. The molecule has 3 N–H and O–H groups in total. The van der Waals surface area contributed by atoms with E-state index in [1.807, 2.05) is 0 Å². The number of carbonyl (C=O) groups excluding carboxylic acids is 2. The minimum absolute atomic E-state index is 0.0472. The van der Waals surface area contributed by atoms with Crippen LogP contribution in [0.3, 0.4) is 0 Å². The molecule has 0 aliphatic carbocycles. The van der Waals surface area contributed by atoms with E-state index < -0.39 is 5.97 Å². The molecular weight excluding hydrogens is 300 g/mol. The first-order valence-corrected chi connectivity index (χ1v) is 7.63. The van der Waals surface area contributed by atoms with E-state index in [0.29, 0.717) is 30.0 Å².